The van der Waals surface area contributed by atoms with Crippen molar-refractivity contribution in [2.24, 2.45) is 5.92 Å². The highest BCUT2D eigenvalue weighted by Gasteiger charge is 2.25. The first kappa shape index (κ1) is 14.5. The van der Waals surface area contributed by atoms with Gasteiger partial charge in [-0.1, -0.05) is 11.6 Å². The number of anilines is 1. The average molecular weight is 301 g/mol. The Morgan fingerprint density at radius 1 is 1.63 bits per heavy atom. The molecule has 104 valence electrons. The predicted molar refractivity (Wildman–Crippen MR) is 79.0 cm³/mol. The second kappa shape index (κ2) is 6.50. The Morgan fingerprint density at radius 3 is 3.00 bits per heavy atom. The lowest BCUT2D eigenvalue weighted by molar-refractivity contribution is 0.209. The molecule has 2 N–H and O–H groups in total. The van der Waals surface area contributed by atoms with Gasteiger partial charge in [0.2, 0.25) is 0 Å². The van der Waals surface area contributed by atoms with Crippen molar-refractivity contribution in [3.8, 4) is 0 Å². The molecular weight excluding hydrogens is 284 g/mol. The van der Waals surface area contributed by atoms with Gasteiger partial charge in [0.15, 0.2) is 0 Å². The maximum absolute atomic E-state index is 12.0. The molecule has 0 saturated carbocycles. The maximum atomic E-state index is 12.0. The molecule has 1 aromatic carbocycles. The van der Waals surface area contributed by atoms with E-state index in [1.54, 1.807) is 22.7 Å². The highest BCUT2D eigenvalue weighted by Crippen LogP contribution is 2.28. The van der Waals surface area contributed by atoms with Crippen molar-refractivity contribution in [1.29, 1.82) is 0 Å². The van der Waals surface area contributed by atoms with Crippen molar-refractivity contribution < 1.29 is 9.90 Å². The van der Waals surface area contributed by atoms with E-state index < -0.39 is 0 Å². The standard InChI is InChI=1S/C13H17ClN2O2S/c1-19-12-3-2-10(6-11(12)14)15-13(18)16-5-4-9(7-16)8-17/h2-3,6,9,17H,4-5,7-8H2,1H3,(H,15,18). The molecule has 1 aromatic rings. The molecule has 0 aromatic heterocycles. The van der Waals surface area contributed by atoms with Crippen molar-refractivity contribution >= 4 is 35.1 Å². The van der Waals surface area contributed by atoms with Crippen LogP contribution in [-0.2, 0) is 0 Å². The molecule has 2 rings (SSSR count). The number of rotatable bonds is 3. The van der Waals surface area contributed by atoms with Crippen LogP contribution in [0.4, 0.5) is 10.5 Å². The number of carbonyl (C=O) groups excluding carboxylic acids is 1. The molecule has 1 atom stereocenters. The summed E-state index contributed by atoms with van der Waals surface area (Å²) in [6, 6.07) is 5.35. The summed E-state index contributed by atoms with van der Waals surface area (Å²) < 4.78 is 0. The number of urea groups is 1. The smallest absolute Gasteiger partial charge is 0.321 e. The first-order valence-corrected chi connectivity index (χ1v) is 7.74. The minimum Gasteiger partial charge on any atom is -0.396 e. The van der Waals surface area contributed by atoms with Gasteiger partial charge in [0.25, 0.3) is 0 Å². The SMILES string of the molecule is CSc1ccc(NC(=O)N2CCC(CO)C2)cc1Cl. The first-order chi connectivity index (χ1) is 9.13. The van der Waals surface area contributed by atoms with E-state index in [1.165, 1.54) is 0 Å². The molecule has 0 spiro atoms. The van der Waals surface area contributed by atoms with Gasteiger partial charge in [-0.15, -0.1) is 11.8 Å². The van der Waals surface area contributed by atoms with Crippen LogP contribution in [-0.4, -0.2) is 42.0 Å². The topological polar surface area (TPSA) is 52.6 Å². The number of thioether (sulfide) groups is 1. The minimum atomic E-state index is -0.135. The Kier molecular flexibility index (Phi) is 4.96. The van der Waals surface area contributed by atoms with Gasteiger partial charge in [0, 0.05) is 36.2 Å². The second-order valence-corrected chi connectivity index (χ2v) is 5.82. The molecule has 0 radical (unpaired) electrons. The summed E-state index contributed by atoms with van der Waals surface area (Å²) in [6.45, 7) is 1.44. The molecule has 1 aliphatic heterocycles. The molecule has 0 aliphatic carbocycles. The lowest BCUT2D eigenvalue weighted by Gasteiger charge is -2.17. The van der Waals surface area contributed by atoms with Crippen LogP contribution in [0.5, 0.6) is 0 Å². The van der Waals surface area contributed by atoms with E-state index in [9.17, 15) is 4.79 Å². The molecule has 19 heavy (non-hydrogen) atoms. The van der Waals surface area contributed by atoms with Crippen LogP contribution in [0.25, 0.3) is 0 Å². The van der Waals surface area contributed by atoms with Crippen molar-refractivity contribution in [2.45, 2.75) is 11.3 Å². The van der Waals surface area contributed by atoms with Gasteiger partial charge in [0.1, 0.15) is 0 Å². The van der Waals surface area contributed by atoms with E-state index in [0.29, 0.717) is 23.8 Å². The fourth-order valence-corrected chi connectivity index (χ4v) is 2.98. The largest absolute Gasteiger partial charge is 0.396 e. The van der Waals surface area contributed by atoms with E-state index in [1.807, 2.05) is 18.4 Å². The fraction of sp³-hybridized carbons (Fsp3) is 0.462. The average Bonchev–Trinajstić information content (AvgIpc) is 2.88. The number of carbonyl (C=O) groups is 1. The Bertz CT molecular complexity index is 470. The molecule has 4 nitrogen and oxygen atoms in total. The van der Waals surface area contributed by atoms with Crippen molar-refractivity contribution in [3.63, 3.8) is 0 Å². The summed E-state index contributed by atoms with van der Waals surface area (Å²) in [5.41, 5.74) is 0.695. The monoisotopic (exact) mass is 300 g/mol. The highest BCUT2D eigenvalue weighted by molar-refractivity contribution is 7.98. The van der Waals surface area contributed by atoms with Crippen LogP contribution in [0.2, 0.25) is 5.02 Å². The third-order valence-corrected chi connectivity index (χ3v) is 4.45. The first-order valence-electron chi connectivity index (χ1n) is 6.14. The third kappa shape index (κ3) is 3.55. The zero-order valence-corrected chi connectivity index (χ0v) is 12.3. The summed E-state index contributed by atoms with van der Waals surface area (Å²) >= 11 is 7.67. The number of likely N-dealkylation sites (tertiary alicyclic amines) is 1. The van der Waals surface area contributed by atoms with E-state index in [-0.39, 0.29) is 18.6 Å². The number of aliphatic hydroxyl groups is 1. The van der Waals surface area contributed by atoms with E-state index >= 15 is 0 Å². The maximum Gasteiger partial charge on any atom is 0.321 e. The number of halogens is 1. The van der Waals surface area contributed by atoms with Crippen molar-refractivity contribution in [2.75, 3.05) is 31.3 Å². The van der Waals surface area contributed by atoms with Crippen molar-refractivity contribution in [3.05, 3.63) is 23.2 Å². The third-order valence-electron chi connectivity index (χ3n) is 3.23. The fourth-order valence-electron chi connectivity index (χ4n) is 2.11. The molecule has 2 amide bonds. The van der Waals surface area contributed by atoms with Gasteiger partial charge in [-0.25, -0.2) is 4.79 Å². The van der Waals surface area contributed by atoms with Crippen LogP contribution >= 0.6 is 23.4 Å². The Hall–Kier alpha value is -0.910. The lowest BCUT2D eigenvalue weighted by Crippen LogP contribution is -2.33. The number of nitrogens with zero attached hydrogens (tertiary/aromatic N) is 1. The van der Waals surface area contributed by atoms with Crippen molar-refractivity contribution in [1.82, 2.24) is 4.90 Å². The molecule has 6 heteroatoms. The summed E-state index contributed by atoms with van der Waals surface area (Å²) in [5, 5.41) is 12.5. The summed E-state index contributed by atoms with van der Waals surface area (Å²) in [7, 11) is 0. The van der Waals surface area contributed by atoms with Crippen LogP contribution in [0.15, 0.2) is 23.1 Å². The Morgan fingerprint density at radius 2 is 2.42 bits per heavy atom. The zero-order valence-electron chi connectivity index (χ0n) is 10.7. The molecule has 1 aliphatic rings. The van der Waals surface area contributed by atoms with Gasteiger partial charge >= 0.3 is 6.03 Å². The molecule has 1 heterocycles. The van der Waals surface area contributed by atoms with Gasteiger partial charge in [0.05, 0.1) is 5.02 Å². The van der Waals surface area contributed by atoms with Gasteiger partial charge in [-0.05, 0) is 30.9 Å². The van der Waals surface area contributed by atoms with Gasteiger partial charge in [-0.3, -0.25) is 0 Å². The van der Waals surface area contributed by atoms with Gasteiger partial charge in [-0.2, -0.15) is 0 Å². The summed E-state index contributed by atoms with van der Waals surface area (Å²) in [5.74, 6) is 0.202. The molecular formula is C13H17ClN2O2S. The summed E-state index contributed by atoms with van der Waals surface area (Å²) in [6.07, 6.45) is 2.81. The van der Waals surface area contributed by atoms with E-state index in [0.717, 1.165) is 11.3 Å². The molecule has 0 bridgehead atoms. The van der Waals surface area contributed by atoms with Crippen LogP contribution < -0.4 is 5.32 Å². The number of hydrogen-bond acceptors (Lipinski definition) is 3. The minimum absolute atomic E-state index is 0.135. The van der Waals surface area contributed by atoms with Crippen LogP contribution in [0.3, 0.4) is 0 Å². The second-order valence-electron chi connectivity index (χ2n) is 4.56. The Labute approximate surface area is 122 Å². The van der Waals surface area contributed by atoms with Gasteiger partial charge < -0.3 is 15.3 Å². The molecule has 1 unspecified atom stereocenters. The number of nitrogens with one attached hydrogen (secondary N) is 1. The Balaban J connectivity index is 1.97. The zero-order chi connectivity index (χ0) is 13.8. The molecule has 1 fully saturated rings. The highest BCUT2D eigenvalue weighted by atomic mass is 35.5. The predicted octanol–water partition coefficient (Wildman–Crippen LogP) is 2.91. The summed E-state index contributed by atoms with van der Waals surface area (Å²) in [4.78, 5) is 14.7. The number of benzene rings is 1. The number of aliphatic hydroxyl groups excluding tert-OH is 1. The number of amides is 2. The quantitative estimate of drug-likeness (QED) is 0.844. The van der Waals surface area contributed by atoms with E-state index in [2.05, 4.69) is 5.32 Å². The van der Waals surface area contributed by atoms with Crippen LogP contribution in [0.1, 0.15) is 6.42 Å². The number of hydrogen-bond donors (Lipinski definition) is 2. The van der Waals surface area contributed by atoms with Crippen LogP contribution in [0, 0.1) is 5.92 Å². The van der Waals surface area contributed by atoms with E-state index in [4.69, 9.17) is 16.7 Å². The molecule has 1 saturated heterocycles. The lowest BCUT2D eigenvalue weighted by atomic mass is 10.1. The normalized spacial score (nSPS) is 18.7.